The number of pyridine rings is 1. The first kappa shape index (κ1) is 21.6. The second-order valence-corrected chi connectivity index (χ2v) is 9.55. The van der Waals surface area contributed by atoms with E-state index in [1.165, 1.54) is 18.2 Å². The van der Waals surface area contributed by atoms with Gasteiger partial charge in [-0.15, -0.1) is 0 Å². The van der Waals surface area contributed by atoms with Crippen LogP contribution < -0.4 is 4.72 Å². The van der Waals surface area contributed by atoms with Crippen molar-refractivity contribution in [3.63, 3.8) is 0 Å². The molecule has 1 fully saturated rings. The molecule has 0 saturated carbocycles. The third-order valence-electron chi connectivity index (χ3n) is 5.22. The fourth-order valence-electron chi connectivity index (χ4n) is 3.85. The molecule has 2 aromatic rings. The molecular formula is C20H21F3N4O3S. The lowest BCUT2D eigenvalue weighted by atomic mass is 9.97. The van der Waals surface area contributed by atoms with Crippen LogP contribution in [-0.2, 0) is 14.9 Å². The van der Waals surface area contributed by atoms with Crippen molar-refractivity contribution >= 4 is 15.9 Å². The molecule has 11 heteroatoms. The lowest BCUT2D eigenvalue weighted by Gasteiger charge is -2.18. The van der Waals surface area contributed by atoms with E-state index in [9.17, 15) is 21.6 Å². The van der Waals surface area contributed by atoms with Crippen LogP contribution in [0.2, 0.25) is 0 Å². The maximum Gasteiger partial charge on any atom is 0.209 e. The van der Waals surface area contributed by atoms with Crippen molar-refractivity contribution in [1.82, 2.24) is 14.6 Å². The zero-order valence-electron chi connectivity index (χ0n) is 16.8. The second kappa shape index (κ2) is 8.12. The van der Waals surface area contributed by atoms with Gasteiger partial charge in [0.25, 0.3) is 0 Å². The molecular weight excluding hydrogens is 433 g/mol. The van der Waals surface area contributed by atoms with Crippen LogP contribution in [0, 0.1) is 18.6 Å². The summed E-state index contributed by atoms with van der Waals surface area (Å²) >= 11 is 0. The van der Waals surface area contributed by atoms with Gasteiger partial charge in [0.1, 0.15) is 23.6 Å². The molecule has 0 spiro atoms. The molecule has 1 aromatic carbocycles. The van der Waals surface area contributed by atoms with Crippen LogP contribution in [0.15, 0.2) is 35.6 Å². The van der Waals surface area contributed by atoms with Gasteiger partial charge in [-0.3, -0.25) is 4.98 Å². The normalized spacial score (nSPS) is 23.7. The van der Waals surface area contributed by atoms with E-state index >= 15 is 0 Å². The Bertz CT molecular complexity index is 1120. The van der Waals surface area contributed by atoms with Gasteiger partial charge in [0.2, 0.25) is 10.0 Å². The number of benzene rings is 1. The Balaban J connectivity index is 1.57. The highest BCUT2D eigenvalue weighted by Gasteiger charge is 2.39. The van der Waals surface area contributed by atoms with E-state index in [0.29, 0.717) is 11.5 Å². The minimum Gasteiger partial charge on any atom is -0.384 e. The average Bonchev–Trinajstić information content (AvgIpc) is 3.28. The zero-order valence-corrected chi connectivity index (χ0v) is 17.7. The Labute approximate surface area is 178 Å². The van der Waals surface area contributed by atoms with E-state index in [1.807, 2.05) is 0 Å². The van der Waals surface area contributed by atoms with Gasteiger partial charge in [0.15, 0.2) is 6.10 Å². The summed E-state index contributed by atoms with van der Waals surface area (Å²) in [6, 6.07) is 4.36. The summed E-state index contributed by atoms with van der Waals surface area (Å²) in [5.74, 6) is -1.02. The van der Waals surface area contributed by atoms with Crippen LogP contribution in [0.3, 0.4) is 0 Å². The van der Waals surface area contributed by atoms with Crippen LogP contribution in [0.1, 0.15) is 23.8 Å². The molecule has 4 rings (SSSR count). The molecule has 3 atom stereocenters. The van der Waals surface area contributed by atoms with Crippen LogP contribution in [0.25, 0.3) is 11.1 Å². The largest absolute Gasteiger partial charge is 0.384 e. The molecule has 1 N–H and O–H groups in total. The van der Waals surface area contributed by atoms with E-state index in [1.54, 1.807) is 24.1 Å². The number of amidine groups is 1. The molecule has 0 radical (unpaired) electrons. The summed E-state index contributed by atoms with van der Waals surface area (Å²) in [7, 11) is -3.56. The minimum atomic E-state index is -3.56. The van der Waals surface area contributed by atoms with E-state index in [2.05, 4.69) is 14.9 Å². The third-order valence-corrected chi connectivity index (χ3v) is 5.96. The number of hydrogen-bond donors (Lipinski definition) is 1. The van der Waals surface area contributed by atoms with Crippen molar-refractivity contribution in [2.75, 3.05) is 19.3 Å². The lowest BCUT2D eigenvalue weighted by molar-refractivity contribution is 0.0828. The highest BCUT2D eigenvalue weighted by Crippen LogP contribution is 2.37. The molecule has 0 amide bonds. The van der Waals surface area contributed by atoms with Crippen molar-refractivity contribution in [1.29, 1.82) is 0 Å². The molecule has 0 unspecified atom stereocenters. The first-order chi connectivity index (χ1) is 14.6. The van der Waals surface area contributed by atoms with Crippen LogP contribution in [0.4, 0.5) is 13.2 Å². The highest BCUT2D eigenvalue weighted by atomic mass is 32.2. The first-order valence-electron chi connectivity index (χ1n) is 9.62. The first-order valence-corrected chi connectivity index (χ1v) is 11.5. The summed E-state index contributed by atoms with van der Waals surface area (Å²) in [6.45, 7) is 1.81. The SMILES string of the molecule is Cc1cnc([C@@H]2CC(N3C[C@@H](F)[C@H](NS(C)(=O)=O)C3)=NO2)c(-c2c(F)cccc2F)c1. The highest BCUT2D eigenvalue weighted by molar-refractivity contribution is 7.88. The fraction of sp³-hybridized carbons (Fsp3) is 0.400. The van der Waals surface area contributed by atoms with Gasteiger partial charge in [0, 0.05) is 18.3 Å². The summed E-state index contributed by atoms with van der Waals surface area (Å²) in [4.78, 5) is 11.4. The number of halogens is 3. The van der Waals surface area contributed by atoms with Gasteiger partial charge in [-0.25, -0.2) is 26.3 Å². The second-order valence-electron chi connectivity index (χ2n) is 7.77. The van der Waals surface area contributed by atoms with Gasteiger partial charge < -0.3 is 9.74 Å². The van der Waals surface area contributed by atoms with Gasteiger partial charge >= 0.3 is 0 Å². The van der Waals surface area contributed by atoms with Crippen LogP contribution in [-0.4, -0.2) is 55.7 Å². The summed E-state index contributed by atoms with van der Waals surface area (Å²) < 4.78 is 68.3. The van der Waals surface area contributed by atoms with E-state index in [0.717, 1.165) is 11.8 Å². The number of aromatic nitrogens is 1. The maximum atomic E-state index is 14.4. The summed E-state index contributed by atoms with van der Waals surface area (Å²) in [5, 5.41) is 4.01. The van der Waals surface area contributed by atoms with Crippen molar-refractivity contribution < 1.29 is 26.4 Å². The van der Waals surface area contributed by atoms with Gasteiger partial charge in [-0.1, -0.05) is 11.2 Å². The van der Waals surface area contributed by atoms with Gasteiger partial charge in [-0.05, 0) is 30.7 Å². The van der Waals surface area contributed by atoms with Crippen molar-refractivity contribution in [3.8, 4) is 11.1 Å². The van der Waals surface area contributed by atoms with Crippen molar-refractivity contribution in [3.05, 3.63) is 53.4 Å². The quantitative estimate of drug-likeness (QED) is 0.768. The molecule has 166 valence electrons. The number of aryl methyl sites for hydroxylation is 1. The average molecular weight is 454 g/mol. The number of likely N-dealkylation sites (tertiary alicyclic amines) is 1. The van der Waals surface area contributed by atoms with Crippen LogP contribution >= 0.6 is 0 Å². The smallest absolute Gasteiger partial charge is 0.209 e. The predicted molar refractivity (Wildman–Crippen MR) is 108 cm³/mol. The summed E-state index contributed by atoms with van der Waals surface area (Å²) in [5.41, 5.74) is 1.09. The number of sulfonamides is 1. The fourth-order valence-corrected chi connectivity index (χ4v) is 4.62. The number of oxime groups is 1. The minimum absolute atomic E-state index is 0.0434. The predicted octanol–water partition coefficient (Wildman–Crippen LogP) is 2.68. The third kappa shape index (κ3) is 4.52. The number of rotatable bonds is 4. The van der Waals surface area contributed by atoms with Gasteiger partial charge in [-0.2, -0.15) is 0 Å². The van der Waals surface area contributed by atoms with E-state index < -0.39 is 40.0 Å². The topological polar surface area (TPSA) is 83.9 Å². The van der Waals surface area contributed by atoms with Crippen molar-refractivity contribution in [2.45, 2.75) is 31.7 Å². The molecule has 2 aliphatic heterocycles. The molecule has 1 aromatic heterocycles. The molecule has 3 heterocycles. The Morgan fingerprint density at radius 1 is 1.23 bits per heavy atom. The molecule has 0 aliphatic carbocycles. The molecule has 1 saturated heterocycles. The number of alkyl halides is 1. The van der Waals surface area contributed by atoms with Gasteiger partial charge in [0.05, 0.1) is 36.5 Å². The number of nitrogens with one attached hydrogen (secondary N) is 1. The maximum absolute atomic E-state index is 14.4. The summed E-state index contributed by atoms with van der Waals surface area (Å²) in [6.07, 6.45) is 0.623. The molecule has 2 aliphatic rings. The van der Waals surface area contributed by atoms with Crippen molar-refractivity contribution in [2.24, 2.45) is 5.16 Å². The Morgan fingerprint density at radius 3 is 2.61 bits per heavy atom. The number of nitrogens with zero attached hydrogens (tertiary/aromatic N) is 3. The zero-order chi connectivity index (χ0) is 22.3. The molecule has 7 nitrogen and oxygen atoms in total. The standard InChI is InChI=1S/C20H21F3N4O3S/c1-11-6-12(19-13(21)4-3-5-14(19)22)20(24-8-11)17-7-18(25-30-17)27-9-15(23)16(10-27)26-31(2,28)29/h3-6,8,15-17,26H,7,9-10H2,1-2H3/t15-,16-,17+/m1/s1. The molecule has 0 bridgehead atoms. The Morgan fingerprint density at radius 2 is 1.94 bits per heavy atom. The van der Waals surface area contributed by atoms with E-state index in [4.69, 9.17) is 4.84 Å². The molecule has 31 heavy (non-hydrogen) atoms. The monoisotopic (exact) mass is 454 g/mol. The van der Waals surface area contributed by atoms with E-state index in [-0.39, 0.29) is 30.6 Å². The Hall–Kier alpha value is -2.66. The Kier molecular flexibility index (Phi) is 5.65. The number of hydrogen-bond acceptors (Lipinski definition) is 6. The lowest BCUT2D eigenvalue weighted by Crippen LogP contribution is -2.41. The van der Waals surface area contributed by atoms with Crippen LogP contribution in [0.5, 0.6) is 0 Å².